The Labute approximate surface area is 104 Å². The Balaban J connectivity index is 1.69. The zero-order chi connectivity index (χ0) is 12.3. The lowest BCUT2D eigenvalue weighted by molar-refractivity contribution is 0.169. The maximum atomic E-state index is 4.19. The topological polar surface area (TPSA) is 33.1 Å². The van der Waals surface area contributed by atoms with Crippen LogP contribution in [0, 0.1) is 0 Å². The first-order chi connectivity index (χ1) is 8.15. The summed E-state index contributed by atoms with van der Waals surface area (Å²) in [7, 11) is 4.19. The van der Waals surface area contributed by atoms with Gasteiger partial charge in [-0.1, -0.05) is 0 Å². The molecule has 2 atom stereocenters. The fourth-order valence-corrected chi connectivity index (χ4v) is 2.50. The molecule has 1 aromatic heterocycles. The van der Waals surface area contributed by atoms with Crippen LogP contribution in [0.5, 0.6) is 0 Å². The number of nitrogens with one attached hydrogen (secondary N) is 1. The molecule has 2 rings (SSSR count). The van der Waals surface area contributed by atoms with Crippen molar-refractivity contribution in [3.05, 3.63) is 18.0 Å². The van der Waals surface area contributed by atoms with Crippen LogP contribution in [-0.4, -0.2) is 46.9 Å². The Bertz CT molecular complexity index is 347. The van der Waals surface area contributed by atoms with Crippen molar-refractivity contribution in [1.29, 1.82) is 0 Å². The number of hydrogen-bond acceptors (Lipinski definition) is 3. The first kappa shape index (κ1) is 12.6. The fraction of sp³-hybridized carbons (Fsp3) is 0.769. The summed E-state index contributed by atoms with van der Waals surface area (Å²) >= 11 is 0. The summed E-state index contributed by atoms with van der Waals surface area (Å²) in [5.74, 6) is 0. The van der Waals surface area contributed by atoms with Crippen LogP contribution in [0.1, 0.15) is 25.3 Å². The Morgan fingerprint density at radius 1 is 1.47 bits per heavy atom. The second-order valence-corrected chi connectivity index (χ2v) is 5.28. The van der Waals surface area contributed by atoms with Gasteiger partial charge < -0.3 is 10.2 Å². The summed E-state index contributed by atoms with van der Waals surface area (Å²) < 4.78 is 1.87. The third-order valence-corrected chi connectivity index (χ3v) is 3.81. The minimum atomic E-state index is 0.692. The van der Waals surface area contributed by atoms with E-state index in [-0.39, 0.29) is 0 Å². The number of piperidine rings is 1. The summed E-state index contributed by atoms with van der Waals surface area (Å²) in [6.45, 7) is 4.59. The van der Waals surface area contributed by atoms with Crippen molar-refractivity contribution in [2.75, 3.05) is 20.1 Å². The average Bonchev–Trinajstić information content (AvgIpc) is 2.70. The number of likely N-dealkylation sites (tertiary alicyclic amines) is 1. The lowest BCUT2D eigenvalue weighted by atomic mass is 9.99. The van der Waals surface area contributed by atoms with Gasteiger partial charge in [-0.05, 0) is 51.9 Å². The first-order valence-electron chi connectivity index (χ1n) is 6.56. The molecule has 4 nitrogen and oxygen atoms in total. The molecular formula is C13H24N4. The molecular weight excluding hydrogens is 212 g/mol. The third-order valence-electron chi connectivity index (χ3n) is 3.81. The SMILES string of the molecule is CC1CC(NCCc2cnn(C)c2)CCN1C. The Morgan fingerprint density at radius 3 is 2.94 bits per heavy atom. The number of aryl methyl sites for hydroxylation is 1. The molecule has 96 valence electrons. The largest absolute Gasteiger partial charge is 0.314 e. The van der Waals surface area contributed by atoms with E-state index in [1.807, 2.05) is 17.9 Å². The predicted molar refractivity (Wildman–Crippen MR) is 70.0 cm³/mol. The maximum absolute atomic E-state index is 4.19. The normalized spacial score (nSPS) is 26.3. The van der Waals surface area contributed by atoms with Gasteiger partial charge in [0.25, 0.3) is 0 Å². The monoisotopic (exact) mass is 236 g/mol. The van der Waals surface area contributed by atoms with Crippen molar-refractivity contribution in [3.63, 3.8) is 0 Å². The Kier molecular flexibility index (Phi) is 4.18. The molecule has 1 aliphatic heterocycles. The molecule has 1 fully saturated rings. The molecule has 1 N–H and O–H groups in total. The molecule has 0 aliphatic carbocycles. The van der Waals surface area contributed by atoms with Gasteiger partial charge in [0.05, 0.1) is 6.20 Å². The second-order valence-electron chi connectivity index (χ2n) is 5.28. The van der Waals surface area contributed by atoms with Crippen LogP contribution in [0.3, 0.4) is 0 Å². The number of nitrogens with zero attached hydrogens (tertiary/aromatic N) is 3. The van der Waals surface area contributed by atoms with E-state index in [2.05, 4.69) is 35.5 Å². The van der Waals surface area contributed by atoms with Gasteiger partial charge in [-0.2, -0.15) is 5.10 Å². The molecule has 1 saturated heterocycles. The molecule has 4 heteroatoms. The standard InChI is InChI=1S/C13H24N4/c1-11-8-13(5-7-16(11)2)14-6-4-12-9-15-17(3)10-12/h9-11,13-14H,4-8H2,1-3H3. The Hall–Kier alpha value is -0.870. The van der Waals surface area contributed by atoms with Gasteiger partial charge >= 0.3 is 0 Å². The summed E-state index contributed by atoms with van der Waals surface area (Å²) in [6, 6.07) is 1.40. The summed E-state index contributed by atoms with van der Waals surface area (Å²) in [5, 5.41) is 7.85. The van der Waals surface area contributed by atoms with Gasteiger partial charge in [-0.25, -0.2) is 0 Å². The van der Waals surface area contributed by atoms with Gasteiger partial charge in [-0.15, -0.1) is 0 Å². The molecule has 0 aromatic carbocycles. The third kappa shape index (κ3) is 3.54. The van der Waals surface area contributed by atoms with Crippen molar-refractivity contribution < 1.29 is 0 Å². The summed E-state index contributed by atoms with van der Waals surface area (Å²) in [5.41, 5.74) is 1.32. The average molecular weight is 236 g/mol. The van der Waals surface area contributed by atoms with E-state index in [0.29, 0.717) is 12.1 Å². The van der Waals surface area contributed by atoms with Gasteiger partial charge in [0.2, 0.25) is 0 Å². The van der Waals surface area contributed by atoms with Crippen molar-refractivity contribution in [1.82, 2.24) is 20.0 Å². The zero-order valence-electron chi connectivity index (χ0n) is 11.2. The van der Waals surface area contributed by atoms with E-state index >= 15 is 0 Å². The highest BCUT2D eigenvalue weighted by Crippen LogP contribution is 2.15. The second kappa shape index (κ2) is 5.65. The van der Waals surface area contributed by atoms with Gasteiger partial charge in [0.15, 0.2) is 0 Å². The Morgan fingerprint density at radius 2 is 2.29 bits per heavy atom. The van der Waals surface area contributed by atoms with E-state index in [0.717, 1.165) is 13.0 Å². The van der Waals surface area contributed by atoms with Crippen LogP contribution >= 0.6 is 0 Å². The minimum Gasteiger partial charge on any atom is -0.314 e. The van der Waals surface area contributed by atoms with Gasteiger partial charge in [-0.3, -0.25) is 4.68 Å². The molecule has 0 amide bonds. The number of rotatable bonds is 4. The van der Waals surface area contributed by atoms with Crippen LogP contribution in [-0.2, 0) is 13.5 Å². The van der Waals surface area contributed by atoms with Crippen LogP contribution in [0.2, 0.25) is 0 Å². The van der Waals surface area contributed by atoms with Crippen molar-refractivity contribution in [3.8, 4) is 0 Å². The number of hydrogen-bond donors (Lipinski definition) is 1. The highest BCUT2D eigenvalue weighted by molar-refractivity contribution is 5.04. The molecule has 17 heavy (non-hydrogen) atoms. The molecule has 0 saturated carbocycles. The quantitative estimate of drug-likeness (QED) is 0.848. The van der Waals surface area contributed by atoms with Crippen LogP contribution < -0.4 is 5.32 Å². The maximum Gasteiger partial charge on any atom is 0.0522 e. The van der Waals surface area contributed by atoms with Gasteiger partial charge in [0, 0.05) is 25.3 Å². The first-order valence-corrected chi connectivity index (χ1v) is 6.56. The van der Waals surface area contributed by atoms with Crippen LogP contribution in [0.15, 0.2) is 12.4 Å². The van der Waals surface area contributed by atoms with Crippen molar-refractivity contribution in [2.24, 2.45) is 7.05 Å². The van der Waals surface area contributed by atoms with Crippen LogP contribution in [0.25, 0.3) is 0 Å². The molecule has 1 aromatic rings. The minimum absolute atomic E-state index is 0.692. The van der Waals surface area contributed by atoms with Crippen molar-refractivity contribution >= 4 is 0 Å². The lowest BCUT2D eigenvalue weighted by Crippen LogP contribution is -2.46. The van der Waals surface area contributed by atoms with Crippen molar-refractivity contribution in [2.45, 2.75) is 38.3 Å². The molecule has 2 unspecified atom stereocenters. The zero-order valence-corrected chi connectivity index (χ0v) is 11.2. The van der Waals surface area contributed by atoms with E-state index in [1.165, 1.54) is 24.9 Å². The van der Waals surface area contributed by atoms with E-state index in [4.69, 9.17) is 0 Å². The van der Waals surface area contributed by atoms with E-state index in [1.54, 1.807) is 0 Å². The smallest absolute Gasteiger partial charge is 0.0522 e. The van der Waals surface area contributed by atoms with E-state index < -0.39 is 0 Å². The van der Waals surface area contributed by atoms with E-state index in [9.17, 15) is 0 Å². The number of aromatic nitrogens is 2. The summed E-state index contributed by atoms with van der Waals surface area (Å²) in [6.07, 6.45) is 7.67. The fourth-order valence-electron chi connectivity index (χ4n) is 2.50. The molecule has 0 bridgehead atoms. The predicted octanol–water partition coefficient (Wildman–Crippen LogP) is 1.03. The van der Waals surface area contributed by atoms with Gasteiger partial charge in [0.1, 0.15) is 0 Å². The summed E-state index contributed by atoms with van der Waals surface area (Å²) in [4.78, 5) is 2.44. The van der Waals surface area contributed by atoms with Crippen LogP contribution in [0.4, 0.5) is 0 Å². The lowest BCUT2D eigenvalue weighted by Gasteiger charge is -2.35. The molecule has 2 heterocycles. The highest BCUT2D eigenvalue weighted by Gasteiger charge is 2.21. The molecule has 0 radical (unpaired) electrons. The molecule has 1 aliphatic rings. The highest BCUT2D eigenvalue weighted by atomic mass is 15.2. The molecule has 0 spiro atoms.